The Balaban J connectivity index is 1.61. The number of urea groups is 1. The van der Waals surface area contributed by atoms with Crippen molar-refractivity contribution in [3.05, 3.63) is 53.7 Å². The van der Waals surface area contributed by atoms with Crippen molar-refractivity contribution in [1.82, 2.24) is 15.5 Å². The molecule has 4 amide bonds. The van der Waals surface area contributed by atoms with Crippen LogP contribution in [-0.2, 0) is 9.59 Å². The number of para-hydroxylation sites is 1. The van der Waals surface area contributed by atoms with E-state index in [0.29, 0.717) is 19.3 Å². The van der Waals surface area contributed by atoms with Gasteiger partial charge in [0.15, 0.2) is 11.5 Å². The fourth-order valence-corrected chi connectivity index (χ4v) is 3.86. The Kier molecular flexibility index (Phi) is 8.62. The summed E-state index contributed by atoms with van der Waals surface area (Å²) in [6, 6.07) is 5.10. The minimum Gasteiger partial charge on any atom is -0.459 e. The fourth-order valence-electron chi connectivity index (χ4n) is 3.86. The highest BCUT2D eigenvalue weighted by Gasteiger charge is 2.31. The number of hydrogen-bond acceptors (Lipinski definition) is 5. The SMILES string of the molecule is Cc1coc(C(=O)N[C@@H](CC(C)C)C(=O)NC2CCCN(C(=O)Nc3ccccc3F)CC2=O)c1. The average molecular weight is 487 g/mol. The molecule has 188 valence electrons. The molecular weight excluding hydrogens is 455 g/mol. The number of ketones is 1. The summed E-state index contributed by atoms with van der Waals surface area (Å²) < 4.78 is 19.1. The van der Waals surface area contributed by atoms with Crippen LogP contribution >= 0.6 is 0 Å². The summed E-state index contributed by atoms with van der Waals surface area (Å²) in [6.07, 6.45) is 2.63. The third kappa shape index (κ3) is 7.14. The number of amides is 4. The van der Waals surface area contributed by atoms with Gasteiger partial charge in [-0.25, -0.2) is 9.18 Å². The van der Waals surface area contributed by atoms with Crippen LogP contribution in [0.3, 0.4) is 0 Å². The number of aryl methyl sites for hydroxylation is 1. The summed E-state index contributed by atoms with van der Waals surface area (Å²) in [7, 11) is 0. The molecule has 3 rings (SSSR count). The molecule has 0 saturated carbocycles. The molecule has 1 unspecified atom stereocenters. The van der Waals surface area contributed by atoms with E-state index < -0.39 is 35.7 Å². The minimum atomic E-state index is -0.857. The highest BCUT2D eigenvalue weighted by atomic mass is 19.1. The van der Waals surface area contributed by atoms with Gasteiger partial charge in [0, 0.05) is 6.54 Å². The first kappa shape index (κ1) is 25.9. The topological polar surface area (TPSA) is 121 Å². The number of rotatable bonds is 7. The number of carbonyl (C=O) groups excluding carboxylic acids is 4. The predicted molar refractivity (Wildman–Crippen MR) is 127 cm³/mol. The molecule has 2 atom stereocenters. The maximum Gasteiger partial charge on any atom is 0.322 e. The first-order valence-electron chi connectivity index (χ1n) is 11.6. The van der Waals surface area contributed by atoms with Crippen LogP contribution in [0.1, 0.15) is 49.2 Å². The Hall–Kier alpha value is -3.69. The van der Waals surface area contributed by atoms with Gasteiger partial charge in [-0.1, -0.05) is 26.0 Å². The molecule has 3 N–H and O–H groups in total. The minimum absolute atomic E-state index is 0.0260. The zero-order valence-corrected chi connectivity index (χ0v) is 20.1. The van der Waals surface area contributed by atoms with Crippen LogP contribution in [0.15, 0.2) is 41.0 Å². The molecule has 2 heterocycles. The lowest BCUT2D eigenvalue weighted by molar-refractivity contribution is -0.129. The lowest BCUT2D eigenvalue weighted by Crippen LogP contribution is -2.52. The zero-order chi connectivity index (χ0) is 25.5. The number of Topliss-reactive ketones (excluding diaryl/α,β-unsaturated/α-hetero) is 1. The number of likely N-dealkylation sites (tertiary alicyclic amines) is 1. The summed E-state index contributed by atoms with van der Waals surface area (Å²) in [5, 5.41) is 7.91. The molecule has 1 aliphatic rings. The van der Waals surface area contributed by atoms with Crippen molar-refractivity contribution in [2.75, 3.05) is 18.4 Å². The number of benzene rings is 1. The average Bonchev–Trinajstić information content (AvgIpc) is 3.15. The normalized spacial score (nSPS) is 17.0. The molecule has 10 heteroatoms. The van der Waals surface area contributed by atoms with Gasteiger partial charge in [0.1, 0.15) is 11.9 Å². The number of halogens is 1. The fraction of sp³-hybridized carbons (Fsp3) is 0.440. The van der Waals surface area contributed by atoms with Crippen molar-refractivity contribution in [1.29, 1.82) is 0 Å². The number of nitrogens with one attached hydrogen (secondary N) is 3. The lowest BCUT2D eigenvalue weighted by atomic mass is 10.0. The molecule has 1 aromatic carbocycles. The second-order valence-corrected chi connectivity index (χ2v) is 9.15. The van der Waals surface area contributed by atoms with Gasteiger partial charge in [0.25, 0.3) is 5.91 Å². The van der Waals surface area contributed by atoms with E-state index in [2.05, 4.69) is 16.0 Å². The highest BCUT2D eigenvalue weighted by Crippen LogP contribution is 2.16. The van der Waals surface area contributed by atoms with Crippen LogP contribution in [0.5, 0.6) is 0 Å². The van der Waals surface area contributed by atoms with E-state index in [1.54, 1.807) is 19.1 Å². The third-order valence-electron chi connectivity index (χ3n) is 5.66. The Morgan fingerprint density at radius 2 is 1.97 bits per heavy atom. The highest BCUT2D eigenvalue weighted by molar-refractivity contribution is 5.98. The predicted octanol–water partition coefficient (Wildman–Crippen LogP) is 3.25. The van der Waals surface area contributed by atoms with E-state index >= 15 is 0 Å². The Bertz CT molecular complexity index is 1080. The zero-order valence-electron chi connectivity index (χ0n) is 20.1. The van der Waals surface area contributed by atoms with Crippen LogP contribution < -0.4 is 16.0 Å². The Labute approximate surface area is 203 Å². The monoisotopic (exact) mass is 486 g/mol. The molecule has 1 aliphatic heterocycles. The van der Waals surface area contributed by atoms with Crippen molar-refractivity contribution in [2.24, 2.45) is 5.92 Å². The van der Waals surface area contributed by atoms with Crippen LogP contribution in [0.2, 0.25) is 0 Å². The van der Waals surface area contributed by atoms with Crippen molar-refractivity contribution >= 4 is 29.3 Å². The van der Waals surface area contributed by atoms with Crippen LogP contribution in [0.25, 0.3) is 0 Å². The van der Waals surface area contributed by atoms with E-state index in [4.69, 9.17) is 4.42 Å². The largest absolute Gasteiger partial charge is 0.459 e. The quantitative estimate of drug-likeness (QED) is 0.555. The number of hydrogen-bond donors (Lipinski definition) is 3. The van der Waals surface area contributed by atoms with Gasteiger partial charge in [0.2, 0.25) is 5.91 Å². The van der Waals surface area contributed by atoms with Gasteiger partial charge >= 0.3 is 6.03 Å². The molecule has 1 saturated heterocycles. The van der Waals surface area contributed by atoms with Crippen LogP contribution in [0.4, 0.5) is 14.9 Å². The summed E-state index contributed by atoms with van der Waals surface area (Å²) in [6.45, 7) is 5.69. The molecule has 0 spiro atoms. The molecule has 1 aromatic heterocycles. The van der Waals surface area contributed by atoms with Crippen molar-refractivity contribution in [2.45, 2.75) is 52.1 Å². The maximum atomic E-state index is 13.9. The standard InChI is InChI=1S/C25H31FN4O5/c1-15(2)11-20(28-24(33)22-12-16(3)14-35-22)23(32)27-19-9-6-10-30(13-21(19)31)25(34)29-18-8-5-4-7-17(18)26/h4-5,7-8,12,14-15,19-20H,6,9-11,13H2,1-3H3,(H,27,32)(H,28,33)(H,29,34)/t19?,20-/m0/s1. The van der Waals surface area contributed by atoms with Crippen molar-refractivity contribution in [3.8, 4) is 0 Å². The second kappa shape index (κ2) is 11.6. The first-order chi connectivity index (χ1) is 16.6. The molecule has 35 heavy (non-hydrogen) atoms. The van der Waals surface area contributed by atoms with Gasteiger partial charge in [-0.2, -0.15) is 0 Å². The maximum absolute atomic E-state index is 13.9. The number of nitrogens with zero attached hydrogens (tertiary/aromatic N) is 1. The second-order valence-electron chi connectivity index (χ2n) is 9.15. The van der Waals surface area contributed by atoms with Gasteiger partial charge in [-0.15, -0.1) is 0 Å². The van der Waals surface area contributed by atoms with Crippen molar-refractivity contribution < 1.29 is 28.0 Å². The Morgan fingerprint density at radius 1 is 1.23 bits per heavy atom. The summed E-state index contributed by atoms with van der Waals surface area (Å²) in [4.78, 5) is 52.3. The molecule has 9 nitrogen and oxygen atoms in total. The lowest BCUT2D eigenvalue weighted by Gasteiger charge is -2.23. The number of carbonyl (C=O) groups is 4. The number of anilines is 1. The van der Waals surface area contributed by atoms with E-state index in [-0.39, 0.29) is 36.2 Å². The first-order valence-corrected chi connectivity index (χ1v) is 11.6. The van der Waals surface area contributed by atoms with Crippen molar-refractivity contribution in [3.63, 3.8) is 0 Å². The van der Waals surface area contributed by atoms with E-state index in [1.807, 2.05) is 13.8 Å². The van der Waals surface area contributed by atoms with Crippen LogP contribution in [0, 0.1) is 18.7 Å². The molecule has 2 aromatic rings. The molecule has 0 radical (unpaired) electrons. The molecule has 1 fully saturated rings. The van der Waals surface area contributed by atoms with Gasteiger partial charge in [0.05, 0.1) is 24.5 Å². The van der Waals surface area contributed by atoms with Crippen LogP contribution in [-0.4, -0.2) is 53.7 Å². The summed E-state index contributed by atoms with van der Waals surface area (Å²) in [5.41, 5.74) is 0.811. The molecule has 0 bridgehead atoms. The third-order valence-corrected chi connectivity index (χ3v) is 5.66. The molecule has 0 aliphatic carbocycles. The van der Waals surface area contributed by atoms with Gasteiger partial charge < -0.3 is 25.3 Å². The van der Waals surface area contributed by atoms with E-state index in [1.165, 1.54) is 29.4 Å². The van der Waals surface area contributed by atoms with E-state index in [9.17, 15) is 23.6 Å². The Morgan fingerprint density at radius 3 is 2.63 bits per heavy atom. The summed E-state index contributed by atoms with van der Waals surface area (Å²) >= 11 is 0. The van der Waals surface area contributed by atoms with Gasteiger partial charge in [-0.05, 0) is 55.9 Å². The number of furan rings is 1. The van der Waals surface area contributed by atoms with E-state index in [0.717, 1.165) is 5.56 Å². The summed E-state index contributed by atoms with van der Waals surface area (Å²) in [5.74, 6) is -1.69. The smallest absolute Gasteiger partial charge is 0.322 e. The molecular formula is C25H31FN4O5. The van der Waals surface area contributed by atoms with Gasteiger partial charge in [-0.3, -0.25) is 14.4 Å².